The predicted molar refractivity (Wildman–Crippen MR) is 91.6 cm³/mol. The number of fused-ring (bicyclic) bond motifs is 1. The minimum atomic E-state index is -0.244. The van der Waals surface area contributed by atoms with Crippen molar-refractivity contribution in [3.63, 3.8) is 0 Å². The Morgan fingerprint density at radius 3 is 2.65 bits per heavy atom. The van der Waals surface area contributed by atoms with Crippen LogP contribution in [-0.4, -0.2) is 29.1 Å². The molecule has 2 N–H and O–H groups in total. The highest BCUT2D eigenvalue weighted by Gasteiger charge is 2.14. The lowest BCUT2D eigenvalue weighted by Gasteiger charge is -2.11. The molecule has 1 amide bonds. The third-order valence-corrected chi connectivity index (χ3v) is 3.84. The average molecular weight is 327 g/mol. The van der Waals surface area contributed by atoms with E-state index < -0.39 is 0 Å². The Morgan fingerprint density at radius 2 is 1.87 bits per heavy atom. The number of amides is 1. The van der Waals surface area contributed by atoms with Gasteiger partial charge in [-0.25, -0.2) is 4.98 Å². The van der Waals surface area contributed by atoms with E-state index in [1.807, 2.05) is 42.5 Å². The van der Waals surface area contributed by atoms with Gasteiger partial charge >= 0.3 is 0 Å². The Hall–Kier alpha value is -2.43. The molecule has 1 heterocycles. The number of carbonyl (C=O) groups excluding carboxylic acids is 1. The number of pyridine rings is 1. The summed E-state index contributed by atoms with van der Waals surface area (Å²) in [5, 5.41) is 12.9. The Bertz CT molecular complexity index is 865. The fourth-order valence-corrected chi connectivity index (χ4v) is 2.67. The number of aliphatic hydroxyl groups excluding tert-OH is 1. The molecule has 23 heavy (non-hydrogen) atoms. The lowest BCUT2D eigenvalue weighted by Crippen LogP contribution is -2.26. The van der Waals surface area contributed by atoms with Crippen molar-refractivity contribution >= 4 is 28.4 Å². The van der Waals surface area contributed by atoms with Crippen LogP contribution in [0.4, 0.5) is 0 Å². The topological polar surface area (TPSA) is 62.2 Å². The number of hydrogen-bond acceptors (Lipinski definition) is 3. The molecule has 0 saturated heterocycles. The maximum Gasteiger partial charge on any atom is 0.252 e. The quantitative estimate of drug-likeness (QED) is 0.773. The highest BCUT2D eigenvalue weighted by atomic mass is 35.5. The second kappa shape index (κ2) is 6.77. The first-order chi connectivity index (χ1) is 11.2. The van der Waals surface area contributed by atoms with E-state index >= 15 is 0 Å². The van der Waals surface area contributed by atoms with Crippen molar-refractivity contribution in [3.05, 3.63) is 65.2 Å². The molecule has 0 bridgehead atoms. The second-order valence-electron chi connectivity index (χ2n) is 5.03. The third kappa shape index (κ3) is 3.18. The fourth-order valence-electron chi connectivity index (χ4n) is 2.43. The monoisotopic (exact) mass is 326 g/mol. The molecule has 5 heteroatoms. The summed E-state index contributed by atoms with van der Waals surface area (Å²) in [6.07, 6.45) is 0. The van der Waals surface area contributed by atoms with Gasteiger partial charge in [-0.3, -0.25) is 4.79 Å². The van der Waals surface area contributed by atoms with Crippen LogP contribution < -0.4 is 5.32 Å². The summed E-state index contributed by atoms with van der Waals surface area (Å²) in [7, 11) is 0. The third-order valence-electron chi connectivity index (χ3n) is 3.51. The van der Waals surface area contributed by atoms with Gasteiger partial charge in [0.1, 0.15) is 0 Å². The normalized spacial score (nSPS) is 10.7. The van der Waals surface area contributed by atoms with E-state index in [0.717, 1.165) is 16.5 Å². The standard InChI is InChI=1S/C18H15ClN2O2/c19-15-7-3-1-6-13(15)17-11-14(18(23)20-9-10-22)12-5-2-4-8-16(12)21-17/h1-8,11,22H,9-10H2,(H,20,23). The fraction of sp³-hybridized carbons (Fsp3) is 0.111. The van der Waals surface area contributed by atoms with E-state index in [0.29, 0.717) is 16.3 Å². The SMILES string of the molecule is O=C(NCCO)c1cc(-c2ccccc2Cl)nc2ccccc12. The van der Waals surface area contributed by atoms with Crippen LogP contribution in [0.2, 0.25) is 5.02 Å². The first-order valence-electron chi connectivity index (χ1n) is 7.24. The van der Waals surface area contributed by atoms with Crippen LogP contribution in [0.5, 0.6) is 0 Å². The predicted octanol–water partition coefficient (Wildman–Crippen LogP) is 3.28. The Balaban J connectivity index is 2.18. The largest absolute Gasteiger partial charge is 0.395 e. The van der Waals surface area contributed by atoms with Gasteiger partial charge in [-0.05, 0) is 18.2 Å². The highest BCUT2D eigenvalue weighted by molar-refractivity contribution is 6.33. The van der Waals surface area contributed by atoms with Crippen molar-refractivity contribution in [1.29, 1.82) is 0 Å². The molecule has 0 fully saturated rings. The lowest BCUT2D eigenvalue weighted by molar-refractivity contribution is 0.0946. The molecule has 0 spiro atoms. The summed E-state index contributed by atoms with van der Waals surface area (Å²) in [6.45, 7) is 0.100. The number of hydrogen-bond donors (Lipinski definition) is 2. The molecule has 1 aromatic heterocycles. The number of para-hydroxylation sites is 1. The molecule has 116 valence electrons. The van der Waals surface area contributed by atoms with Crippen molar-refractivity contribution in [1.82, 2.24) is 10.3 Å². The van der Waals surface area contributed by atoms with Crippen LogP contribution in [0.15, 0.2) is 54.6 Å². The van der Waals surface area contributed by atoms with Gasteiger partial charge in [0, 0.05) is 22.5 Å². The molecule has 0 radical (unpaired) electrons. The van der Waals surface area contributed by atoms with Gasteiger partial charge < -0.3 is 10.4 Å². The first kappa shape index (κ1) is 15.5. The Labute approximate surface area is 138 Å². The smallest absolute Gasteiger partial charge is 0.252 e. The molecule has 3 rings (SSSR count). The summed E-state index contributed by atoms with van der Waals surface area (Å²) >= 11 is 6.25. The number of nitrogens with one attached hydrogen (secondary N) is 1. The van der Waals surface area contributed by atoms with Gasteiger partial charge in [-0.2, -0.15) is 0 Å². The number of aromatic nitrogens is 1. The summed E-state index contributed by atoms with van der Waals surface area (Å²) in [5.74, 6) is -0.244. The molecule has 4 nitrogen and oxygen atoms in total. The van der Waals surface area contributed by atoms with Crippen LogP contribution in [0, 0.1) is 0 Å². The van der Waals surface area contributed by atoms with Gasteiger partial charge in [0.2, 0.25) is 0 Å². The van der Waals surface area contributed by atoms with E-state index in [2.05, 4.69) is 10.3 Å². The van der Waals surface area contributed by atoms with Crippen molar-refractivity contribution in [2.24, 2.45) is 0 Å². The molecule has 0 saturated carbocycles. The average Bonchev–Trinajstić information content (AvgIpc) is 2.59. The second-order valence-corrected chi connectivity index (χ2v) is 5.44. The maximum atomic E-state index is 12.4. The van der Waals surface area contributed by atoms with E-state index in [9.17, 15) is 4.79 Å². The van der Waals surface area contributed by atoms with Crippen LogP contribution in [0.1, 0.15) is 10.4 Å². The van der Waals surface area contributed by atoms with E-state index in [4.69, 9.17) is 16.7 Å². The van der Waals surface area contributed by atoms with Crippen molar-refractivity contribution < 1.29 is 9.90 Å². The molecule has 3 aromatic rings. The molecule has 0 atom stereocenters. The Kier molecular flexibility index (Phi) is 4.55. The van der Waals surface area contributed by atoms with E-state index in [1.54, 1.807) is 12.1 Å². The van der Waals surface area contributed by atoms with Crippen LogP contribution in [0.3, 0.4) is 0 Å². The molecular weight excluding hydrogens is 312 g/mol. The molecular formula is C18H15ClN2O2. The number of halogens is 1. The number of rotatable bonds is 4. The summed E-state index contributed by atoms with van der Waals surface area (Å²) in [6, 6.07) is 16.6. The van der Waals surface area contributed by atoms with Gasteiger partial charge in [0.25, 0.3) is 5.91 Å². The Morgan fingerprint density at radius 1 is 1.13 bits per heavy atom. The summed E-state index contributed by atoms with van der Waals surface area (Å²) < 4.78 is 0. The van der Waals surface area contributed by atoms with Gasteiger partial charge in [-0.15, -0.1) is 0 Å². The van der Waals surface area contributed by atoms with Crippen LogP contribution in [-0.2, 0) is 0 Å². The number of benzene rings is 2. The maximum absolute atomic E-state index is 12.4. The molecule has 0 aliphatic carbocycles. The zero-order valence-electron chi connectivity index (χ0n) is 12.3. The summed E-state index contributed by atoms with van der Waals surface area (Å²) in [4.78, 5) is 17.0. The minimum absolute atomic E-state index is 0.105. The highest BCUT2D eigenvalue weighted by Crippen LogP contribution is 2.29. The van der Waals surface area contributed by atoms with Crippen LogP contribution in [0.25, 0.3) is 22.2 Å². The van der Waals surface area contributed by atoms with Crippen LogP contribution >= 0.6 is 11.6 Å². The molecule has 0 unspecified atom stereocenters. The zero-order chi connectivity index (χ0) is 16.2. The van der Waals surface area contributed by atoms with E-state index in [1.165, 1.54) is 0 Å². The van der Waals surface area contributed by atoms with Crippen molar-refractivity contribution in [3.8, 4) is 11.3 Å². The minimum Gasteiger partial charge on any atom is -0.395 e. The van der Waals surface area contributed by atoms with Crippen molar-refractivity contribution in [2.75, 3.05) is 13.2 Å². The van der Waals surface area contributed by atoms with Gasteiger partial charge in [0.05, 0.1) is 23.4 Å². The van der Waals surface area contributed by atoms with Gasteiger partial charge in [-0.1, -0.05) is 48.0 Å². The number of carbonyl (C=O) groups is 1. The molecule has 0 aliphatic rings. The first-order valence-corrected chi connectivity index (χ1v) is 7.62. The molecule has 0 aliphatic heterocycles. The summed E-state index contributed by atoms with van der Waals surface area (Å²) in [5.41, 5.74) is 2.65. The van der Waals surface area contributed by atoms with Gasteiger partial charge in [0.15, 0.2) is 0 Å². The zero-order valence-corrected chi connectivity index (χ0v) is 13.0. The lowest BCUT2D eigenvalue weighted by atomic mass is 10.0. The van der Waals surface area contributed by atoms with E-state index in [-0.39, 0.29) is 19.1 Å². The number of nitrogens with zero attached hydrogens (tertiary/aromatic N) is 1. The van der Waals surface area contributed by atoms with Crippen molar-refractivity contribution in [2.45, 2.75) is 0 Å². The molecule has 2 aromatic carbocycles. The number of aliphatic hydroxyl groups is 1.